The van der Waals surface area contributed by atoms with Crippen LogP contribution in [0.25, 0.3) is 0 Å². The maximum absolute atomic E-state index is 12.6. The molecule has 0 N–H and O–H groups in total. The number of hydrogen-bond donors (Lipinski definition) is 0. The van der Waals surface area contributed by atoms with Gasteiger partial charge in [0.15, 0.2) is 0 Å². The summed E-state index contributed by atoms with van der Waals surface area (Å²) in [4.78, 5) is 12.8. The van der Waals surface area contributed by atoms with Gasteiger partial charge in [0, 0.05) is 10.9 Å². The van der Waals surface area contributed by atoms with Crippen LogP contribution in [-0.4, -0.2) is 9.91 Å². The van der Waals surface area contributed by atoms with E-state index in [9.17, 15) is 18.9 Å². The molecule has 0 atom stereocenters. The van der Waals surface area contributed by atoms with Crippen LogP contribution in [0.5, 0.6) is 0 Å². The highest BCUT2D eigenvalue weighted by molar-refractivity contribution is 9.08. The van der Waals surface area contributed by atoms with Gasteiger partial charge in [0.05, 0.1) is 5.56 Å². The summed E-state index contributed by atoms with van der Waals surface area (Å²) in [6.07, 6.45) is -2.07. The van der Waals surface area contributed by atoms with E-state index in [1.54, 1.807) is 0 Å². The van der Waals surface area contributed by atoms with Crippen molar-refractivity contribution >= 4 is 21.7 Å². The zero-order valence-corrected chi connectivity index (χ0v) is 9.24. The van der Waals surface area contributed by atoms with Crippen molar-refractivity contribution in [3.8, 4) is 6.07 Å². The van der Waals surface area contributed by atoms with Gasteiger partial charge in [0.1, 0.15) is 17.8 Å². The van der Waals surface area contributed by atoms with Crippen LogP contribution in [0.3, 0.4) is 0 Å². The molecule has 16 heavy (non-hydrogen) atoms. The average molecular weight is 292 g/mol. The third-order valence-corrected chi connectivity index (χ3v) is 2.43. The van der Waals surface area contributed by atoms with Crippen LogP contribution >= 0.6 is 15.9 Å². The fraction of sp³-hybridized carbons (Fsp3) is 0.250. The fourth-order valence-corrected chi connectivity index (χ4v) is 1.57. The number of aromatic nitrogens is 1. The number of nitro groups is 1. The van der Waals surface area contributed by atoms with E-state index in [1.165, 1.54) is 6.07 Å². The highest BCUT2D eigenvalue weighted by atomic mass is 79.9. The van der Waals surface area contributed by atoms with E-state index in [4.69, 9.17) is 5.26 Å². The van der Waals surface area contributed by atoms with Crippen molar-refractivity contribution < 1.29 is 13.7 Å². The second-order valence-electron chi connectivity index (χ2n) is 2.70. The SMILES string of the molecule is N#Cc1c(CBr)cnc([N+](=O)[O-])c1C(F)F. The summed E-state index contributed by atoms with van der Waals surface area (Å²) in [5, 5.41) is 19.3. The van der Waals surface area contributed by atoms with Crippen molar-refractivity contribution in [2.45, 2.75) is 11.8 Å². The van der Waals surface area contributed by atoms with E-state index in [2.05, 4.69) is 20.9 Å². The number of alkyl halides is 3. The first kappa shape index (κ1) is 12.4. The van der Waals surface area contributed by atoms with Crippen LogP contribution in [0.1, 0.15) is 23.1 Å². The molecule has 0 saturated carbocycles. The predicted octanol–water partition coefficient (Wildman–Crippen LogP) is 2.69. The Bertz CT molecular complexity index is 473. The average Bonchev–Trinajstić information content (AvgIpc) is 2.26. The van der Waals surface area contributed by atoms with Gasteiger partial charge in [0.2, 0.25) is 0 Å². The quantitative estimate of drug-likeness (QED) is 0.487. The van der Waals surface area contributed by atoms with E-state index in [1.807, 2.05) is 0 Å². The van der Waals surface area contributed by atoms with Crippen molar-refractivity contribution in [2.75, 3.05) is 0 Å². The minimum Gasteiger partial charge on any atom is -0.358 e. The summed E-state index contributed by atoms with van der Waals surface area (Å²) in [7, 11) is 0. The first-order valence-corrected chi connectivity index (χ1v) is 5.05. The lowest BCUT2D eigenvalue weighted by Gasteiger charge is -2.05. The highest BCUT2D eigenvalue weighted by Crippen LogP contribution is 2.32. The number of rotatable bonds is 3. The molecule has 0 aliphatic carbocycles. The molecule has 0 radical (unpaired) electrons. The Hall–Kier alpha value is -1.62. The Kier molecular flexibility index (Phi) is 3.84. The van der Waals surface area contributed by atoms with Gasteiger partial charge in [-0.2, -0.15) is 5.26 Å². The fourth-order valence-electron chi connectivity index (χ4n) is 1.14. The van der Waals surface area contributed by atoms with Gasteiger partial charge in [-0.05, 0) is 9.91 Å². The van der Waals surface area contributed by atoms with Crippen LogP contribution in [-0.2, 0) is 5.33 Å². The Balaban J connectivity index is 3.58. The molecule has 0 aliphatic rings. The lowest BCUT2D eigenvalue weighted by Crippen LogP contribution is -2.04. The van der Waals surface area contributed by atoms with Gasteiger partial charge in [-0.3, -0.25) is 0 Å². The molecule has 0 saturated heterocycles. The zero-order valence-electron chi connectivity index (χ0n) is 7.65. The summed E-state index contributed by atoms with van der Waals surface area (Å²) in [6.45, 7) is 0. The minimum absolute atomic E-state index is 0.126. The van der Waals surface area contributed by atoms with Gasteiger partial charge >= 0.3 is 5.82 Å². The molecule has 1 aromatic rings. The maximum atomic E-state index is 12.6. The van der Waals surface area contributed by atoms with Gasteiger partial charge < -0.3 is 10.1 Å². The van der Waals surface area contributed by atoms with Crippen LogP contribution < -0.4 is 0 Å². The normalized spacial score (nSPS) is 10.2. The second kappa shape index (κ2) is 4.94. The number of hydrogen-bond acceptors (Lipinski definition) is 4. The van der Waals surface area contributed by atoms with E-state index >= 15 is 0 Å². The predicted molar refractivity (Wildman–Crippen MR) is 53.2 cm³/mol. The van der Waals surface area contributed by atoms with E-state index < -0.39 is 28.3 Å². The Labute approximate surface area is 97.0 Å². The highest BCUT2D eigenvalue weighted by Gasteiger charge is 2.29. The van der Waals surface area contributed by atoms with Gasteiger partial charge in [-0.25, -0.2) is 8.78 Å². The van der Waals surface area contributed by atoms with Crippen LogP contribution in [0.4, 0.5) is 14.6 Å². The molecular formula is C8H4BrF2N3O2. The third kappa shape index (κ3) is 2.14. The Morgan fingerprint density at radius 3 is 2.69 bits per heavy atom. The summed E-state index contributed by atoms with van der Waals surface area (Å²) in [6, 6.07) is 1.54. The molecule has 0 unspecified atom stereocenters. The zero-order chi connectivity index (χ0) is 12.3. The number of nitrogens with zero attached hydrogens (tertiary/aromatic N) is 3. The minimum atomic E-state index is -3.11. The largest absolute Gasteiger partial charge is 0.373 e. The molecule has 1 rings (SSSR count). The Morgan fingerprint density at radius 2 is 2.31 bits per heavy atom. The van der Waals surface area contributed by atoms with E-state index in [-0.39, 0.29) is 10.9 Å². The van der Waals surface area contributed by atoms with Crippen molar-refractivity contribution in [1.82, 2.24) is 4.98 Å². The molecule has 1 heterocycles. The molecule has 84 valence electrons. The van der Waals surface area contributed by atoms with Gasteiger partial charge in [0.25, 0.3) is 6.43 Å². The molecule has 0 bridgehead atoms. The van der Waals surface area contributed by atoms with Crippen LogP contribution in [0.2, 0.25) is 0 Å². The van der Waals surface area contributed by atoms with Crippen LogP contribution in [0.15, 0.2) is 6.20 Å². The molecule has 8 heteroatoms. The van der Waals surface area contributed by atoms with Gasteiger partial charge in [-0.1, -0.05) is 15.9 Å². The molecule has 5 nitrogen and oxygen atoms in total. The van der Waals surface area contributed by atoms with E-state index in [0.29, 0.717) is 0 Å². The molecular weight excluding hydrogens is 288 g/mol. The summed E-state index contributed by atoms with van der Waals surface area (Å²) in [5.41, 5.74) is -1.12. The number of halogens is 3. The number of pyridine rings is 1. The van der Waals surface area contributed by atoms with Crippen molar-refractivity contribution in [1.29, 1.82) is 5.26 Å². The first-order chi connectivity index (χ1) is 7.52. The summed E-state index contributed by atoms with van der Waals surface area (Å²) >= 11 is 2.99. The van der Waals surface area contributed by atoms with Gasteiger partial charge in [-0.15, -0.1) is 0 Å². The standard InChI is InChI=1S/C8H4BrF2N3O2/c9-1-4-3-13-8(14(15)16)6(7(10)11)5(4)2-12/h3,7H,1H2. The number of nitriles is 1. The molecule has 0 amide bonds. The Morgan fingerprint density at radius 1 is 1.69 bits per heavy atom. The summed E-state index contributed by atoms with van der Waals surface area (Å²) in [5.74, 6) is -0.976. The molecule has 1 aromatic heterocycles. The van der Waals surface area contributed by atoms with Crippen molar-refractivity contribution in [3.05, 3.63) is 33.0 Å². The second-order valence-corrected chi connectivity index (χ2v) is 3.26. The monoisotopic (exact) mass is 291 g/mol. The lowest BCUT2D eigenvalue weighted by molar-refractivity contribution is -0.391. The smallest absolute Gasteiger partial charge is 0.358 e. The molecule has 0 aliphatic heterocycles. The maximum Gasteiger partial charge on any atom is 0.373 e. The molecule has 0 fully saturated rings. The van der Waals surface area contributed by atoms with Crippen molar-refractivity contribution in [2.24, 2.45) is 0 Å². The first-order valence-electron chi connectivity index (χ1n) is 3.93. The van der Waals surface area contributed by atoms with Crippen LogP contribution in [0, 0.1) is 21.4 Å². The van der Waals surface area contributed by atoms with Crippen molar-refractivity contribution in [3.63, 3.8) is 0 Å². The third-order valence-electron chi connectivity index (χ3n) is 1.82. The molecule has 0 aromatic carbocycles. The summed E-state index contributed by atoms with van der Waals surface area (Å²) < 4.78 is 25.3. The lowest BCUT2D eigenvalue weighted by atomic mass is 10.1. The molecule has 0 spiro atoms. The topological polar surface area (TPSA) is 79.8 Å². The van der Waals surface area contributed by atoms with E-state index in [0.717, 1.165) is 6.20 Å².